The number of aromatic nitrogens is 4. The van der Waals surface area contributed by atoms with Gasteiger partial charge in [0.05, 0.1) is 13.2 Å². The highest BCUT2D eigenvalue weighted by molar-refractivity contribution is 5.94. The Bertz CT molecular complexity index is 1100. The van der Waals surface area contributed by atoms with Crippen LogP contribution >= 0.6 is 0 Å². The summed E-state index contributed by atoms with van der Waals surface area (Å²) in [6.45, 7) is 5.41. The fraction of sp³-hybridized carbons (Fsp3) is 0.667. The van der Waals surface area contributed by atoms with E-state index in [1.165, 1.54) is 0 Å². The Balaban J connectivity index is 1.05. The van der Waals surface area contributed by atoms with E-state index in [9.17, 15) is 9.59 Å². The van der Waals surface area contributed by atoms with E-state index in [0.29, 0.717) is 67.1 Å². The lowest BCUT2D eigenvalue weighted by Crippen LogP contribution is -2.39. The highest BCUT2D eigenvalue weighted by atomic mass is 16.5. The summed E-state index contributed by atoms with van der Waals surface area (Å²) >= 11 is 0. The third-order valence-electron chi connectivity index (χ3n) is 8.45. The molecule has 2 atom stereocenters. The van der Waals surface area contributed by atoms with Crippen LogP contribution in [-0.2, 0) is 11.3 Å². The molecule has 11 heteroatoms. The SMILES string of the molecule is O=C(NCc1c[nH]nn1)N1C[C@H]2CCN(C(=O)c3cc(OCC4CCOCC4)nc(C4CC4)c3)CC[C@H]2C1. The van der Waals surface area contributed by atoms with Crippen LogP contribution in [0, 0.1) is 17.8 Å². The van der Waals surface area contributed by atoms with Gasteiger partial charge in [0.2, 0.25) is 5.88 Å². The van der Waals surface area contributed by atoms with Crippen LogP contribution in [0.4, 0.5) is 4.79 Å². The largest absolute Gasteiger partial charge is 0.477 e. The van der Waals surface area contributed by atoms with Crippen molar-refractivity contribution in [1.29, 1.82) is 0 Å². The molecule has 5 heterocycles. The summed E-state index contributed by atoms with van der Waals surface area (Å²) in [6, 6.07) is 3.75. The first-order chi connectivity index (χ1) is 18.6. The Labute approximate surface area is 222 Å². The van der Waals surface area contributed by atoms with Gasteiger partial charge in [-0.15, -0.1) is 5.10 Å². The second kappa shape index (κ2) is 11.3. The number of ether oxygens (including phenoxy) is 2. The summed E-state index contributed by atoms with van der Waals surface area (Å²) in [6.07, 6.45) is 7.74. The molecule has 204 valence electrons. The molecule has 0 unspecified atom stereocenters. The van der Waals surface area contributed by atoms with E-state index in [0.717, 1.165) is 70.5 Å². The lowest BCUT2D eigenvalue weighted by molar-refractivity contribution is 0.0490. The molecular formula is C27H37N7O4. The Morgan fingerprint density at radius 2 is 1.79 bits per heavy atom. The topological polar surface area (TPSA) is 126 Å². The number of rotatable bonds is 7. The van der Waals surface area contributed by atoms with E-state index in [2.05, 4.69) is 20.7 Å². The van der Waals surface area contributed by atoms with E-state index >= 15 is 0 Å². The molecule has 6 rings (SSSR count). The fourth-order valence-electron chi connectivity index (χ4n) is 5.92. The van der Waals surface area contributed by atoms with Crippen molar-refractivity contribution in [2.45, 2.75) is 51.0 Å². The van der Waals surface area contributed by atoms with Gasteiger partial charge in [0.1, 0.15) is 5.69 Å². The molecule has 4 fully saturated rings. The number of urea groups is 1. The van der Waals surface area contributed by atoms with Crippen LogP contribution in [0.15, 0.2) is 18.3 Å². The van der Waals surface area contributed by atoms with Gasteiger partial charge in [-0.1, -0.05) is 5.21 Å². The maximum atomic E-state index is 13.6. The minimum Gasteiger partial charge on any atom is -0.477 e. The summed E-state index contributed by atoms with van der Waals surface area (Å²) in [4.78, 5) is 34.9. The Morgan fingerprint density at radius 3 is 2.47 bits per heavy atom. The number of carbonyl (C=O) groups excluding carboxylic acids is 2. The van der Waals surface area contributed by atoms with Gasteiger partial charge in [-0.25, -0.2) is 9.78 Å². The van der Waals surface area contributed by atoms with Crippen molar-refractivity contribution in [3.63, 3.8) is 0 Å². The zero-order valence-electron chi connectivity index (χ0n) is 21.8. The molecule has 3 amide bonds. The van der Waals surface area contributed by atoms with Crippen LogP contribution < -0.4 is 10.1 Å². The number of nitrogens with one attached hydrogen (secondary N) is 2. The third-order valence-corrected chi connectivity index (χ3v) is 8.45. The van der Waals surface area contributed by atoms with Gasteiger partial charge in [0, 0.05) is 68.8 Å². The average Bonchev–Trinajstić information content (AvgIpc) is 3.59. The molecule has 2 N–H and O–H groups in total. The van der Waals surface area contributed by atoms with Gasteiger partial charge in [-0.2, -0.15) is 0 Å². The summed E-state index contributed by atoms with van der Waals surface area (Å²) < 4.78 is 11.6. The van der Waals surface area contributed by atoms with Gasteiger partial charge in [-0.05, 0) is 62.3 Å². The van der Waals surface area contributed by atoms with E-state index in [4.69, 9.17) is 14.5 Å². The third kappa shape index (κ3) is 5.92. The smallest absolute Gasteiger partial charge is 0.317 e. The number of amides is 3. The molecule has 4 aliphatic rings. The predicted octanol–water partition coefficient (Wildman–Crippen LogP) is 2.58. The standard InChI is InChI=1S/C27H37N7O4/c35-26(22-11-24(19-1-2-19)30-25(12-22)38-17-18-5-9-37-10-6-18)33-7-3-20-15-34(16-21(20)4-8-33)27(36)28-13-23-14-29-32-31-23/h11-12,14,18-21H,1-10,13,15-17H2,(H,28,36)(H,29,31,32)/t20-,21+. The number of likely N-dealkylation sites (tertiary alicyclic amines) is 2. The number of fused-ring (bicyclic) bond motifs is 1. The van der Waals surface area contributed by atoms with Crippen molar-refractivity contribution in [3.05, 3.63) is 35.3 Å². The Hall–Kier alpha value is -3.21. The predicted molar refractivity (Wildman–Crippen MR) is 138 cm³/mol. The summed E-state index contributed by atoms with van der Waals surface area (Å²) in [5, 5.41) is 13.2. The first kappa shape index (κ1) is 25.1. The molecule has 2 aromatic heterocycles. The van der Waals surface area contributed by atoms with Gasteiger partial charge in [0.25, 0.3) is 5.91 Å². The minimum absolute atomic E-state index is 0.0624. The summed E-state index contributed by atoms with van der Waals surface area (Å²) in [7, 11) is 0. The van der Waals surface area contributed by atoms with Crippen LogP contribution in [0.3, 0.4) is 0 Å². The second-order valence-corrected chi connectivity index (χ2v) is 11.2. The molecular weight excluding hydrogens is 486 g/mol. The summed E-state index contributed by atoms with van der Waals surface area (Å²) in [5.74, 6) is 2.36. The molecule has 38 heavy (non-hydrogen) atoms. The number of hydrogen-bond acceptors (Lipinski definition) is 7. The lowest BCUT2D eigenvalue weighted by Gasteiger charge is -2.24. The Morgan fingerprint density at radius 1 is 1.03 bits per heavy atom. The number of pyridine rings is 1. The molecule has 0 bridgehead atoms. The van der Waals surface area contributed by atoms with Crippen molar-refractivity contribution in [3.8, 4) is 5.88 Å². The van der Waals surface area contributed by atoms with Crippen LogP contribution in [-0.4, -0.2) is 88.1 Å². The highest BCUT2D eigenvalue weighted by Crippen LogP contribution is 2.40. The zero-order valence-corrected chi connectivity index (χ0v) is 21.8. The number of H-pyrrole nitrogens is 1. The normalized spacial score (nSPS) is 24.1. The molecule has 2 aromatic rings. The summed E-state index contributed by atoms with van der Waals surface area (Å²) in [5.41, 5.74) is 2.38. The minimum atomic E-state index is -0.0633. The average molecular weight is 524 g/mol. The number of carbonyl (C=O) groups is 2. The Kier molecular flexibility index (Phi) is 7.44. The van der Waals surface area contributed by atoms with Crippen molar-refractivity contribution >= 4 is 11.9 Å². The van der Waals surface area contributed by atoms with Crippen LogP contribution in [0.25, 0.3) is 0 Å². The molecule has 3 aliphatic heterocycles. The van der Waals surface area contributed by atoms with Crippen molar-refractivity contribution in [2.24, 2.45) is 17.8 Å². The molecule has 0 aromatic carbocycles. The number of aromatic amines is 1. The van der Waals surface area contributed by atoms with Crippen LogP contribution in [0.2, 0.25) is 0 Å². The van der Waals surface area contributed by atoms with Gasteiger partial charge < -0.3 is 24.6 Å². The van der Waals surface area contributed by atoms with E-state index in [1.807, 2.05) is 21.9 Å². The molecule has 3 saturated heterocycles. The molecule has 0 spiro atoms. The molecule has 1 aliphatic carbocycles. The monoisotopic (exact) mass is 523 g/mol. The van der Waals surface area contributed by atoms with Gasteiger partial charge >= 0.3 is 6.03 Å². The maximum absolute atomic E-state index is 13.6. The van der Waals surface area contributed by atoms with Gasteiger partial charge in [-0.3, -0.25) is 9.89 Å². The van der Waals surface area contributed by atoms with Gasteiger partial charge in [0.15, 0.2) is 0 Å². The van der Waals surface area contributed by atoms with E-state index in [1.54, 1.807) is 6.20 Å². The number of hydrogen-bond donors (Lipinski definition) is 2. The van der Waals surface area contributed by atoms with Crippen LogP contribution in [0.1, 0.15) is 66.2 Å². The van der Waals surface area contributed by atoms with Crippen molar-refractivity contribution in [2.75, 3.05) is 46.0 Å². The fourth-order valence-corrected chi connectivity index (χ4v) is 5.92. The van der Waals surface area contributed by atoms with E-state index < -0.39 is 0 Å². The lowest BCUT2D eigenvalue weighted by atomic mass is 9.92. The zero-order chi connectivity index (χ0) is 25.9. The van der Waals surface area contributed by atoms with Crippen molar-refractivity contribution in [1.82, 2.24) is 35.5 Å². The molecule has 0 radical (unpaired) electrons. The van der Waals surface area contributed by atoms with E-state index in [-0.39, 0.29) is 11.9 Å². The first-order valence-corrected chi connectivity index (χ1v) is 14.0. The van der Waals surface area contributed by atoms with Crippen LogP contribution in [0.5, 0.6) is 5.88 Å². The first-order valence-electron chi connectivity index (χ1n) is 14.0. The highest BCUT2D eigenvalue weighted by Gasteiger charge is 2.38. The maximum Gasteiger partial charge on any atom is 0.317 e. The number of nitrogens with zero attached hydrogens (tertiary/aromatic N) is 5. The molecule has 1 saturated carbocycles. The molecule has 11 nitrogen and oxygen atoms in total. The quantitative estimate of drug-likeness (QED) is 0.571. The second-order valence-electron chi connectivity index (χ2n) is 11.2. The van der Waals surface area contributed by atoms with Crippen molar-refractivity contribution < 1.29 is 19.1 Å².